The standard InChI is InChI=1S/C16H27NO3/c1-13-5-6-14(2)15(11-13)16(17-3)12-20-10-9-19-8-7-18-4/h5-6,11,16-17H,7-10,12H2,1-4H3. The molecule has 0 spiro atoms. The summed E-state index contributed by atoms with van der Waals surface area (Å²) in [6.07, 6.45) is 0. The molecule has 0 amide bonds. The molecule has 1 rings (SSSR count). The Bertz CT molecular complexity index is 382. The molecule has 0 radical (unpaired) electrons. The van der Waals surface area contributed by atoms with Crippen molar-refractivity contribution in [3.63, 3.8) is 0 Å². The zero-order chi connectivity index (χ0) is 14.8. The highest BCUT2D eigenvalue weighted by Gasteiger charge is 2.12. The fraction of sp³-hybridized carbons (Fsp3) is 0.625. The van der Waals surface area contributed by atoms with Gasteiger partial charge in [0.15, 0.2) is 0 Å². The fourth-order valence-corrected chi connectivity index (χ4v) is 2.03. The van der Waals surface area contributed by atoms with Gasteiger partial charge in [0, 0.05) is 7.11 Å². The van der Waals surface area contributed by atoms with Gasteiger partial charge in [0.1, 0.15) is 0 Å². The molecule has 1 N–H and O–H groups in total. The maximum absolute atomic E-state index is 5.69. The van der Waals surface area contributed by atoms with Crippen LogP contribution in [0, 0.1) is 13.8 Å². The lowest BCUT2D eigenvalue weighted by Gasteiger charge is -2.19. The van der Waals surface area contributed by atoms with E-state index in [9.17, 15) is 0 Å². The lowest BCUT2D eigenvalue weighted by Crippen LogP contribution is -2.23. The molecule has 0 saturated carbocycles. The van der Waals surface area contributed by atoms with Gasteiger partial charge in [-0.05, 0) is 32.0 Å². The first-order valence-corrected chi connectivity index (χ1v) is 7.08. The number of aryl methyl sites for hydroxylation is 2. The van der Waals surface area contributed by atoms with Crippen molar-refractivity contribution in [3.05, 3.63) is 34.9 Å². The van der Waals surface area contributed by atoms with Crippen molar-refractivity contribution >= 4 is 0 Å². The molecular formula is C16H27NO3. The zero-order valence-electron chi connectivity index (χ0n) is 13.1. The largest absolute Gasteiger partial charge is 0.382 e. The number of likely N-dealkylation sites (N-methyl/N-ethyl adjacent to an activating group) is 1. The van der Waals surface area contributed by atoms with Gasteiger partial charge in [-0.1, -0.05) is 23.8 Å². The minimum Gasteiger partial charge on any atom is -0.382 e. The summed E-state index contributed by atoms with van der Waals surface area (Å²) in [6.45, 7) is 7.34. The first-order valence-electron chi connectivity index (χ1n) is 7.08. The number of ether oxygens (including phenoxy) is 3. The van der Waals surface area contributed by atoms with Crippen LogP contribution in [0.1, 0.15) is 22.7 Å². The molecule has 1 atom stereocenters. The third kappa shape index (κ3) is 6.01. The second kappa shape index (κ2) is 9.88. The summed E-state index contributed by atoms with van der Waals surface area (Å²) >= 11 is 0. The molecule has 0 fully saturated rings. The number of nitrogens with one attached hydrogen (secondary N) is 1. The fourth-order valence-electron chi connectivity index (χ4n) is 2.03. The first kappa shape index (κ1) is 17.1. The minimum atomic E-state index is 0.217. The highest BCUT2D eigenvalue weighted by molar-refractivity contribution is 5.33. The van der Waals surface area contributed by atoms with E-state index in [1.807, 2.05) is 7.05 Å². The molecule has 1 aromatic rings. The van der Waals surface area contributed by atoms with Gasteiger partial charge < -0.3 is 19.5 Å². The molecule has 0 aliphatic heterocycles. The Hall–Kier alpha value is -0.940. The van der Waals surface area contributed by atoms with Crippen molar-refractivity contribution in [2.45, 2.75) is 19.9 Å². The van der Waals surface area contributed by atoms with E-state index in [-0.39, 0.29) is 6.04 Å². The minimum absolute atomic E-state index is 0.217. The van der Waals surface area contributed by atoms with Gasteiger partial charge >= 0.3 is 0 Å². The molecule has 1 aromatic carbocycles. The van der Waals surface area contributed by atoms with Gasteiger partial charge in [-0.3, -0.25) is 0 Å². The number of benzene rings is 1. The maximum Gasteiger partial charge on any atom is 0.0701 e. The van der Waals surface area contributed by atoms with Crippen molar-refractivity contribution in [2.24, 2.45) is 0 Å². The summed E-state index contributed by atoms with van der Waals surface area (Å²) in [4.78, 5) is 0. The van der Waals surface area contributed by atoms with Crippen LogP contribution < -0.4 is 5.32 Å². The molecule has 0 bridgehead atoms. The van der Waals surface area contributed by atoms with Crippen LogP contribution in [0.25, 0.3) is 0 Å². The molecule has 4 heteroatoms. The van der Waals surface area contributed by atoms with Crippen LogP contribution in [0.2, 0.25) is 0 Å². The zero-order valence-corrected chi connectivity index (χ0v) is 13.1. The van der Waals surface area contributed by atoms with Gasteiger partial charge in [-0.2, -0.15) is 0 Å². The second-order valence-electron chi connectivity index (χ2n) is 4.88. The SMILES string of the molecule is CNC(COCCOCCOC)c1cc(C)ccc1C. The molecule has 0 heterocycles. The van der Waals surface area contributed by atoms with Gasteiger partial charge in [-0.15, -0.1) is 0 Å². The lowest BCUT2D eigenvalue weighted by molar-refractivity contribution is 0.0197. The quantitative estimate of drug-likeness (QED) is 0.668. The van der Waals surface area contributed by atoms with Gasteiger partial charge in [-0.25, -0.2) is 0 Å². The third-order valence-electron chi connectivity index (χ3n) is 3.25. The maximum atomic E-state index is 5.69. The smallest absolute Gasteiger partial charge is 0.0701 e. The predicted octanol–water partition coefficient (Wildman–Crippen LogP) is 2.24. The highest BCUT2D eigenvalue weighted by atomic mass is 16.5. The molecule has 4 nitrogen and oxygen atoms in total. The topological polar surface area (TPSA) is 39.7 Å². The van der Waals surface area contributed by atoms with Crippen LogP contribution in [0.5, 0.6) is 0 Å². The average molecular weight is 281 g/mol. The van der Waals surface area contributed by atoms with Crippen LogP contribution >= 0.6 is 0 Å². The Balaban J connectivity index is 2.34. The lowest BCUT2D eigenvalue weighted by atomic mass is 9.99. The average Bonchev–Trinajstić information content (AvgIpc) is 2.45. The molecular weight excluding hydrogens is 254 g/mol. The molecule has 0 aromatic heterocycles. The molecule has 0 saturated heterocycles. The Kier molecular flexibility index (Phi) is 8.46. The molecule has 0 aliphatic carbocycles. The van der Waals surface area contributed by atoms with Crippen molar-refractivity contribution in [3.8, 4) is 0 Å². The van der Waals surface area contributed by atoms with Crippen molar-refractivity contribution in [2.75, 3.05) is 47.2 Å². The van der Waals surface area contributed by atoms with Gasteiger partial charge in [0.2, 0.25) is 0 Å². The van der Waals surface area contributed by atoms with E-state index in [1.54, 1.807) is 7.11 Å². The predicted molar refractivity (Wildman–Crippen MR) is 81.2 cm³/mol. The Morgan fingerprint density at radius 2 is 1.75 bits per heavy atom. The van der Waals surface area contributed by atoms with Crippen LogP contribution in [0.4, 0.5) is 0 Å². The Labute approximate surface area is 122 Å². The number of hydrogen-bond acceptors (Lipinski definition) is 4. The first-order chi connectivity index (χ1) is 9.69. The number of rotatable bonds is 10. The van der Waals surface area contributed by atoms with Crippen LogP contribution in [0.3, 0.4) is 0 Å². The van der Waals surface area contributed by atoms with Crippen LogP contribution in [-0.2, 0) is 14.2 Å². The summed E-state index contributed by atoms with van der Waals surface area (Å²) in [5.74, 6) is 0. The van der Waals surface area contributed by atoms with E-state index in [1.165, 1.54) is 16.7 Å². The third-order valence-corrected chi connectivity index (χ3v) is 3.25. The highest BCUT2D eigenvalue weighted by Crippen LogP contribution is 2.19. The molecule has 20 heavy (non-hydrogen) atoms. The molecule has 114 valence electrons. The summed E-state index contributed by atoms with van der Waals surface area (Å²) in [5, 5.41) is 3.31. The number of methoxy groups -OCH3 is 1. The Morgan fingerprint density at radius 1 is 1.05 bits per heavy atom. The summed E-state index contributed by atoms with van der Waals surface area (Å²) in [6, 6.07) is 6.72. The monoisotopic (exact) mass is 281 g/mol. The summed E-state index contributed by atoms with van der Waals surface area (Å²) in [5.41, 5.74) is 3.86. The van der Waals surface area contributed by atoms with Crippen molar-refractivity contribution in [1.29, 1.82) is 0 Å². The molecule has 1 unspecified atom stereocenters. The van der Waals surface area contributed by atoms with Gasteiger partial charge in [0.05, 0.1) is 39.1 Å². The van der Waals surface area contributed by atoms with Crippen LogP contribution in [-0.4, -0.2) is 47.2 Å². The Morgan fingerprint density at radius 3 is 2.45 bits per heavy atom. The van der Waals surface area contributed by atoms with E-state index < -0.39 is 0 Å². The molecule has 0 aliphatic rings. The second-order valence-corrected chi connectivity index (χ2v) is 4.88. The number of hydrogen-bond donors (Lipinski definition) is 1. The van der Waals surface area contributed by atoms with E-state index in [2.05, 4.69) is 37.4 Å². The van der Waals surface area contributed by atoms with Crippen LogP contribution in [0.15, 0.2) is 18.2 Å². The van der Waals surface area contributed by atoms with E-state index in [0.717, 1.165) is 0 Å². The van der Waals surface area contributed by atoms with Crippen molar-refractivity contribution in [1.82, 2.24) is 5.32 Å². The van der Waals surface area contributed by atoms with E-state index in [4.69, 9.17) is 14.2 Å². The normalized spacial score (nSPS) is 12.6. The summed E-state index contributed by atoms with van der Waals surface area (Å²) < 4.78 is 16.0. The van der Waals surface area contributed by atoms with Crippen molar-refractivity contribution < 1.29 is 14.2 Å². The van der Waals surface area contributed by atoms with E-state index in [0.29, 0.717) is 33.0 Å². The van der Waals surface area contributed by atoms with E-state index >= 15 is 0 Å². The summed E-state index contributed by atoms with van der Waals surface area (Å²) in [7, 11) is 3.63. The van der Waals surface area contributed by atoms with Gasteiger partial charge in [0.25, 0.3) is 0 Å².